The van der Waals surface area contributed by atoms with Gasteiger partial charge in [0.25, 0.3) is 0 Å². The van der Waals surface area contributed by atoms with E-state index in [0.717, 1.165) is 38.6 Å². The Morgan fingerprint density at radius 3 is 2.47 bits per heavy atom. The highest BCUT2D eigenvalue weighted by atomic mass is 79.9. The molecule has 0 aliphatic carbocycles. The van der Waals surface area contributed by atoms with Crippen LogP contribution in [0.25, 0.3) is 0 Å². The first-order chi connectivity index (χ1) is 9.11. The van der Waals surface area contributed by atoms with Crippen LogP contribution in [0.5, 0.6) is 0 Å². The zero-order chi connectivity index (χ0) is 13.8. The van der Waals surface area contributed by atoms with Gasteiger partial charge in [-0.25, -0.2) is 0 Å². The Hall–Kier alpha value is -0.260. The molecule has 0 spiro atoms. The lowest BCUT2D eigenvalue weighted by molar-refractivity contribution is 0.654. The van der Waals surface area contributed by atoms with Crippen LogP contribution in [0.2, 0.25) is 0 Å². The second kappa shape index (κ2) is 6.95. The lowest BCUT2D eigenvalue weighted by Gasteiger charge is -2.13. The highest BCUT2D eigenvalue weighted by Gasteiger charge is 2.07. The van der Waals surface area contributed by atoms with Crippen molar-refractivity contribution in [3.05, 3.63) is 49.6 Å². The van der Waals surface area contributed by atoms with Crippen LogP contribution in [-0.4, -0.2) is 4.57 Å². The smallest absolute Gasteiger partial charge is 0.0632 e. The predicted molar refractivity (Wildman–Crippen MR) is 91.6 cm³/mol. The largest absolute Gasteiger partial charge is 0.378 e. The Morgan fingerprint density at radius 2 is 1.84 bits per heavy atom. The third kappa shape index (κ3) is 3.86. The average Bonchev–Trinajstić information content (AvgIpc) is 2.76. The standard InChI is InChI=1S/C14H15Br3N2/c1-2-5-19-6-3-4-11(19)9-18-14-12(16)7-10(15)8-13(14)17/h3-4,6-8,18H,2,5,9H2,1H3. The third-order valence-electron chi connectivity index (χ3n) is 2.84. The lowest BCUT2D eigenvalue weighted by Crippen LogP contribution is -2.07. The van der Waals surface area contributed by atoms with Crippen LogP contribution in [0.1, 0.15) is 19.0 Å². The molecule has 2 rings (SSSR count). The summed E-state index contributed by atoms with van der Waals surface area (Å²) in [6.07, 6.45) is 3.28. The minimum Gasteiger partial charge on any atom is -0.378 e. The summed E-state index contributed by atoms with van der Waals surface area (Å²) in [7, 11) is 0. The maximum atomic E-state index is 3.58. The molecular formula is C14H15Br3N2. The summed E-state index contributed by atoms with van der Waals surface area (Å²) in [5.41, 5.74) is 2.37. The number of rotatable bonds is 5. The molecule has 19 heavy (non-hydrogen) atoms. The fraction of sp³-hybridized carbons (Fsp3) is 0.286. The third-order valence-corrected chi connectivity index (χ3v) is 4.55. The van der Waals surface area contributed by atoms with Gasteiger partial charge in [0.2, 0.25) is 0 Å². The SMILES string of the molecule is CCCn1cccc1CNc1c(Br)cc(Br)cc1Br. The summed E-state index contributed by atoms with van der Waals surface area (Å²) in [6.45, 7) is 4.07. The maximum Gasteiger partial charge on any atom is 0.0632 e. The van der Waals surface area contributed by atoms with Crippen molar-refractivity contribution >= 4 is 53.5 Å². The number of benzene rings is 1. The summed E-state index contributed by atoms with van der Waals surface area (Å²) in [5.74, 6) is 0. The Bertz CT molecular complexity index is 541. The summed E-state index contributed by atoms with van der Waals surface area (Å²) in [6, 6.07) is 8.33. The van der Waals surface area contributed by atoms with E-state index >= 15 is 0 Å². The number of anilines is 1. The van der Waals surface area contributed by atoms with Gasteiger partial charge >= 0.3 is 0 Å². The molecule has 2 nitrogen and oxygen atoms in total. The first kappa shape index (κ1) is 15.1. The van der Waals surface area contributed by atoms with Gasteiger partial charge in [0.15, 0.2) is 0 Å². The highest BCUT2D eigenvalue weighted by Crippen LogP contribution is 2.34. The van der Waals surface area contributed by atoms with E-state index in [1.165, 1.54) is 5.69 Å². The summed E-state index contributed by atoms with van der Waals surface area (Å²) < 4.78 is 5.42. The van der Waals surface area contributed by atoms with Crippen molar-refractivity contribution in [1.82, 2.24) is 4.57 Å². The van der Waals surface area contributed by atoms with Gasteiger partial charge in [0.05, 0.1) is 12.2 Å². The molecule has 0 radical (unpaired) electrons. The second-order valence-electron chi connectivity index (χ2n) is 4.29. The monoisotopic (exact) mass is 448 g/mol. The number of hydrogen-bond acceptors (Lipinski definition) is 1. The molecule has 0 unspecified atom stereocenters. The van der Waals surface area contributed by atoms with Gasteiger partial charge in [-0.1, -0.05) is 22.9 Å². The molecule has 1 aromatic heterocycles. The Kier molecular flexibility index (Phi) is 5.54. The van der Waals surface area contributed by atoms with Gasteiger partial charge < -0.3 is 9.88 Å². The zero-order valence-corrected chi connectivity index (χ0v) is 15.3. The number of halogens is 3. The summed E-state index contributed by atoms with van der Waals surface area (Å²) >= 11 is 10.6. The van der Waals surface area contributed by atoms with Crippen molar-refractivity contribution in [1.29, 1.82) is 0 Å². The Balaban J connectivity index is 2.12. The fourth-order valence-electron chi connectivity index (χ4n) is 1.96. The van der Waals surface area contributed by atoms with Crippen LogP contribution in [0, 0.1) is 0 Å². The number of aryl methyl sites for hydroxylation is 1. The van der Waals surface area contributed by atoms with Crippen LogP contribution in [0.3, 0.4) is 0 Å². The molecule has 0 atom stereocenters. The summed E-state index contributed by atoms with van der Waals surface area (Å²) in [4.78, 5) is 0. The second-order valence-corrected chi connectivity index (χ2v) is 6.92. The van der Waals surface area contributed by atoms with Gasteiger partial charge in [-0.05, 0) is 62.5 Å². The van der Waals surface area contributed by atoms with Crippen LogP contribution in [0.4, 0.5) is 5.69 Å². The molecule has 0 bridgehead atoms. The lowest BCUT2D eigenvalue weighted by atomic mass is 10.3. The van der Waals surface area contributed by atoms with E-state index in [0.29, 0.717) is 0 Å². The molecular weight excluding hydrogens is 436 g/mol. The molecule has 102 valence electrons. The molecule has 5 heteroatoms. The number of hydrogen-bond donors (Lipinski definition) is 1. The normalized spacial score (nSPS) is 10.7. The van der Waals surface area contributed by atoms with E-state index in [1.54, 1.807) is 0 Å². The maximum absolute atomic E-state index is 3.58. The van der Waals surface area contributed by atoms with Crippen molar-refractivity contribution < 1.29 is 0 Å². The van der Waals surface area contributed by atoms with Gasteiger partial charge in [0, 0.05) is 31.9 Å². The van der Waals surface area contributed by atoms with Crippen molar-refractivity contribution in [2.24, 2.45) is 0 Å². The minimum absolute atomic E-state index is 0.811. The van der Waals surface area contributed by atoms with Crippen molar-refractivity contribution in [2.75, 3.05) is 5.32 Å². The molecule has 0 fully saturated rings. The van der Waals surface area contributed by atoms with Gasteiger partial charge in [-0.15, -0.1) is 0 Å². The highest BCUT2D eigenvalue weighted by molar-refractivity contribution is 9.11. The first-order valence-electron chi connectivity index (χ1n) is 6.14. The topological polar surface area (TPSA) is 17.0 Å². The molecule has 0 amide bonds. The number of nitrogens with zero attached hydrogens (tertiary/aromatic N) is 1. The van der Waals surface area contributed by atoms with Gasteiger partial charge in [-0.3, -0.25) is 0 Å². The fourth-order valence-corrected chi connectivity index (χ4v) is 4.50. The van der Waals surface area contributed by atoms with E-state index < -0.39 is 0 Å². The Labute approximate surface area is 139 Å². The molecule has 2 aromatic rings. The summed E-state index contributed by atoms with van der Waals surface area (Å²) in [5, 5.41) is 3.47. The van der Waals surface area contributed by atoms with E-state index in [1.807, 2.05) is 12.1 Å². The van der Waals surface area contributed by atoms with Crippen LogP contribution in [-0.2, 0) is 13.1 Å². The Morgan fingerprint density at radius 1 is 1.16 bits per heavy atom. The van der Waals surface area contributed by atoms with Crippen molar-refractivity contribution in [3.63, 3.8) is 0 Å². The van der Waals surface area contributed by atoms with Crippen molar-refractivity contribution in [2.45, 2.75) is 26.4 Å². The molecule has 0 aliphatic heterocycles. The van der Waals surface area contributed by atoms with E-state index in [2.05, 4.69) is 82.9 Å². The average molecular weight is 451 g/mol. The zero-order valence-electron chi connectivity index (χ0n) is 10.6. The van der Waals surface area contributed by atoms with E-state index in [-0.39, 0.29) is 0 Å². The molecule has 1 aromatic carbocycles. The molecule has 1 N–H and O–H groups in total. The van der Waals surface area contributed by atoms with Crippen LogP contribution in [0.15, 0.2) is 43.9 Å². The minimum atomic E-state index is 0.811. The van der Waals surface area contributed by atoms with Crippen LogP contribution < -0.4 is 5.32 Å². The predicted octanol–water partition coefficient (Wildman–Crippen LogP) is 5.80. The molecule has 0 saturated heterocycles. The molecule has 0 saturated carbocycles. The molecule has 1 heterocycles. The van der Waals surface area contributed by atoms with Gasteiger partial charge in [0.1, 0.15) is 0 Å². The van der Waals surface area contributed by atoms with Gasteiger partial charge in [-0.2, -0.15) is 0 Å². The van der Waals surface area contributed by atoms with Crippen LogP contribution >= 0.6 is 47.8 Å². The first-order valence-corrected chi connectivity index (χ1v) is 8.52. The number of aromatic nitrogens is 1. The molecule has 0 aliphatic rings. The van der Waals surface area contributed by atoms with E-state index in [9.17, 15) is 0 Å². The number of nitrogens with one attached hydrogen (secondary N) is 1. The van der Waals surface area contributed by atoms with Crippen molar-refractivity contribution in [3.8, 4) is 0 Å². The quantitative estimate of drug-likeness (QED) is 0.609. The van der Waals surface area contributed by atoms with E-state index in [4.69, 9.17) is 0 Å².